The summed E-state index contributed by atoms with van der Waals surface area (Å²) < 4.78 is 0. The number of hydrogen-bond donors (Lipinski definition) is 0. The van der Waals surface area contributed by atoms with Crippen LogP contribution in [0.15, 0.2) is 0 Å². The largest absolute Gasteiger partial charge is 3.00 e. The maximum atomic E-state index is 0. The Morgan fingerprint density at radius 2 is 0.600 bits per heavy atom. The van der Waals surface area contributed by atoms with E-state index in [-0.39, 0.29) is 95.4 Å². The first-order chi connectivity index (χ1) is 0. The van der Waals surface area contributed by atoms with Crippen molar-refractivity contribution in [3.8, 4) is 0 Å². The molecule has 0 aliphatic rings. The van der Waals surface area contributed by atoms with Gasteiger partial charge in [-0.1, -0.05) is 0 Å². The number of hydrogen-bond acceptors (Lipinski definition) is 0. The van der Waals surface area contributed by atoms with Crippen LogP contribution in [0.25, 0.3) is 0 Å². The van der Waals surface area contributed by atoms with Gasteiger partial charge in [-0.2, -0.15) is 0 Å². The van der Waals surface area contributed by atoms with E-state index in [1.54, 1.807) is 0 Å². The molecule has 0 bridgehead atoms. The van der Waals surface area contributed by atoms with Crippen molar-refractivity contribution in [3.05, 3.63) is 0 Å². The summed E-state index contributed by atoms with van der Waals surface area (Å²) >= 11 is 0. The fraction of sp³-hybridized carbons (Fsp3) is 0. The molecule has 2 radical (unpaired) electrons. The van der Waals surface area contributed by atoms with Crippen molar-refractivity contribution in [2.75, 3.05) is 0 Å². The van der Waals surface area contributed by atoms with Gasteiger partial charge in [-0.15, -0.1) is 0 Å². The van der Waals surface area contributed by atoms with E-state index in [0.717, 1.165) is 0 Å². The summed E-state index contributed by atoms with van der Waals surface area (Å²) in [6, 6.07) is 0. The first kappa shape index (κ1) is 50.6. The Hall–Kier alpha value is 2.50. The molecule has 0 atom stereocenters. The van der Waals surface area contributed by atoms with Crippen molar-refractivity contribution in [2.45, 2.75) is 0 Å². The molecule has 0 saturated carbocycles. The second-order valence-corrected chi connectivity index (χ2v) is 0. The van der Waals surface area contributed by atoms with Gasteiger partial charge in [0.05, 0.1) is 0 Å². The van der Waals surface area contributed by atoms with Gasteiger partial charge in [0, 0.05) is 0 Å². The third-order valence-corrected chi connectivity index (χ3v) is 0. The van der Waals surface area contributed by atoms with E-state index in [1.165, 1.54) is 0 Å². The smallest absolute Gasteiger partial charge is 2.00 e. The van der Waals surface area contributed by atoms with Gasteiger partial charge in [-0.3, -0.25) is 0 Å². The summed E-state index contributed by atoms with van der Waals surface area (Å²) in [4.78, 5) is 0. The van der Waals surface area contributed by atoms with Crippen LogP contribution in [0.3, 0.4) is 0 Å². The molecule has 5 heteroatoms. The van der Waals surface area contributed by atoms with Crippen molar-refractivity contribution in [3.63, 3.8) is 0 Å². The van der Waals surface area contributed by atoms with E-state index in [1.807, 2.05) is 0 Å². The normalized spacial score (nSPS) is 0. The molecule has 0 spiro atoms. The summed E-state index contributed by atoms with van der Waals surface area (Å²) in [6.07, 6.45) is 0. The molecule has 3 nitrogen and oxygen atoms in total. The third-order valence-electron chi connectivity index (χ3n) is 0. The van der Waals surface area contributed by atoms with Crippen molar-refractivity contribution >= 4 is 0 Å². The fourth-order valence-corrected chi connectivity index (χ4v) is 0. The first-order valence-corrected chi connectivity index (χ1v) is 0. The Bertz CT molecular complexity index is 6.85. The zero-order valence-electron chi connectivity index (χ0n) is 2.04. The van der Waals surface area contributed by atoms with E-state index >= 15 is 0 Å². The molecule has 0 aromatic rings. The molecule has 0 heterocycles. The minimum atomic E-state index is 0. The van der Waals surface area contributed by atoms with Crippen LogP contribution in [-0.2, 0) is 16.4 Å². The predicted molar refractivity (Wildman–Crippen MR) is 2.06 cm³/mol. The quantitative estimate of drug-likeness (QED) is 0.569. The molecule has 0 aliphatic heterocycles. The first-order valence-electron chi connectivity index (χ1n) is 0. The van der Waals surface area contributed by atoms with E-state index in [2.05, 4.69) is 0 Å². The molecule has 0 aromatic heterocycles. The molecule has 0 aromatic carbocycles. The minimum absolute atomic E-state index is 0. The Morgan fingerprint density at radius 1 is 0.600 bits per heavy atom. The average molecular weight is 355 g/mol. The Labute approximate surface area is 93.4 Å². The van der Waals surface area contributed by atoms with E-state index < -0.39 is 0 Å². The number of rotatable bonds is 0. The van der Waals surface area contributed by atoms with Crippen LogP contribution in [-0.4, -0.2) is 0 Å². The van der Waals surface area contributed by atoms with Gasteiger partial charge in [-0.05, 0) is 0 Å². The minimum Gasteiger partial charge on any atom is -2.00 e. The molecule has 0 N–H and O–H groups in total. The Balaban J connectivity index is 0. The molecular weight excluding hydrogens is 355 g/mol. The SMILES string of the molecule is [Dy+3].[Nd+3].[O-2].[O-2].[O-2]. The molecule has 0 unspecified atom stereocenters. The second kappa shape index (κ2) is 31.4. The van der Waals surface area contributed by atoms with Gasteiger partial charge < -0.3 is 16.4 Å². The zero-order chi connectivity index (χ0) is 0. The summed E-state index contributed by atoms with van der Waals surface area (Å²) in [6.45, 7) is 0. The molecule has 0 rings (SSSR count). The van der Waals surface area contributed by atoms with Gasteiger partial charge in [0.15, 0.2) is 0 Å². The predicted octanol–water partition coefficient (Wildman–Crippen LogP) is -0.356. The summed E-state index contributed by atoms with van der Waals surface area (Å²) in [5.41, 5.74) is 0. The van der Waals surface area contributed by atoms with Crippen LogP contribution in [0.4, 0.5) is 0 Å². The summed E-state index contributed by atoms with van der Waals surface area (Å²) in [5.74, 6) is 0. The summed E-state index contributed by atoms with van der Waals surface area (Å²) in [5, 5.41) is 0. The van der Waals surface area contributed by atoms with Crippen molar-refractivity contribution in [1.29, 1.82) is 0 Å². The Morgan fingerprint density at radius 3 is 0.600 bits per heavy atom. The van der Waals surface area contributed by atoms with Crippen LogP contribution in [0.2, 0.25) is 0 Å². The topological polar surface area (TPSA) is 85.5 Å². The van der Waals surface area contributed by atoms with Crippen molar-refractivity contribution < 1.29 is 95.4 Å². The van der Waals surface area contributed by atoms with Crippen LogP contribution < -0.4 is 0 Å². The van der Waals surface area contributed by atoms with Gasteiger partial charge in [0.1, 0.15) is 0 Å². The fourth-order valence-electron chi connectivity index (χ4n) is 0. The van der Waals surface area contributed by atoms with Gasteiger partial charge >= 0.3 is 79.0 Å². The molecule has 5 heavy (non-hydrogen) atoms. The van der Waals surface area contributed by atoms with Crippen LogP contribution in [0, 0.1) is 79.0 Å². The van der Waals surface area contributed by atoms with Gasteiger partial charge in [0.25, 0.3) is 0 Å². The van der Waals surface area contributed by atoms with E-state index in [9.17, 15) is 0 Å². The third kappa shape index (κ3) is 21.0. The van der Waals surface area contributed by atoms with Crippen molar-refractivity contribution in [1.82, 2.24) is 0 Å². The monoisotopic (exact) mass is 354 g/mol. The maximum Gasteiger partial charge on any atom is 3.00 e. The second-order valence-electron chi connectivity index (χ2n) is 0. The summed E-state index contributed by atoms with van der Waals surface area (Å²) in [7, 11) is 0. The molecule has 0 amide bonds. The molecule has 0 fully saturated rings. The standard InChI is InChI=1S/Dy.Nd.3O/q2*+3;3*-2. The van der Waals surface area contributed by atoms with Crippen molar-refractivity contribution in [2.24, 2.45) is 0 Å². The molecule has 0 aliphatic carbocycles. The zero-order valence-corrected chi connectivity index (χ0v) is 7.28. The molecule has 32 valence electrons. The van der Waals surface area contributed by atoms with Crippen LogP contribution >= 0.6 is 0 Å². The van der Waals surface area contributed by atoms with Crippen LogP contribution in [0.5, 0.6) is 0 Å². The Kier molecular flexibility index (Phi) is 318. The van der Waals surface area contributed by atoms with E-state index in [0.29, 0.717) is 0 Å². The van der Waals surface area contributed by atoms with Crippen LogP contribution in [0.1, 0.15) is 0 Å². The maximum absolute atomic E-state index is 0. The van der Waals surface area contributed by atoms with Gasteiger partial charge in [-0.25, -0.2) is 0 Å². The molecule has 0 saturated heterocycles. The van der Waals surface area contributed by atoms with Gasteiger partial charge in [0.2, 0.25) is 0 Å². The average Bonchev–Trinajstić information content (AvgIpc) is 0. The van der Waals surface area contributed by atoms with E-state index in [4.69, 9.17) is 0 Å². The molecular formula is DyNdO3.